The zero-order chi connectivity index (χ0) is 23.2. The number of nitrogens with zero attached hydrogens (tertiary/aromatic N) is 3. The Morgan fingerprint density at radius 3 is 2.58 bits per heavy atom. The van der Waals surface area contributed by atoms with Crippen LogP contribution < -0.4 is 13.8 Å². The number of thiazole rings is 1. The van der Waals surface area contributed by atoms with Crippen LogP contribution >= 0.6 is 11.3 Å². The average molecular weight is 480 g/mol. The van der Waals surface area contributed by atoms with Gasteiger partial charge in [-0.3, -0.25) is 9.10 Å². The topological polar surface area (TPSA) is 81.0 Å². The van der Waals surface area contributed by atoms with Crippen molar-refractivity contribution in [1.29, 1.82) is 0 Å². The molecule has 0 saturated heterocycles. The quantitative estimate of drug-likeness (QED) is 0.447. The Hall–Kier alpha value is -3.43. The van der Waals surface area contributed by atoms with Crippen molar-refractivity contribution in [2.24, 2.45) is 12.0 Å². The molecule has 0 atom stereocenters. The van der Waals surface area contributed by atoms with E-state index in [9.17, 15) is 13.2 Å². The molecule has 1 aliphatic rings. The van der Waals surface area contributed by atoms with Crippen molar-refractivity contribution in [1.82, 2.24) is 4.57 Å². The van der Waals surface area contributed by atoms with Gasteiger partial charge in [0.1, 0.15) is 5.75 Å². The number of para-hydroxylation sites is 1. The molecule has 1 aromatic heterocycles. The summed E-state index contributed by atoms with van der Waals surface area (Å²) in [5.74, 6) is 0.305. The van der Waals surface area contributed by atoms with Crippen LogP contribution in [0.25, 0.3) is 10.2 Å². The van der Waals surface area contributed by atoms with Crippen LogP contribution in [-0.2, 0) is 23.5 Å². The van der Waals surface area contributed by atoms with Gasteiger partial charge in [0.2, 0.25) is 0 Å². The molecule has 1 aliphatic heterocycles. The molecule has 4 aromatic rings. The van der Waals surface area contributed by atoms with Gasteiger partial charge in [0, 0.05) is 19.2 Å². The van der Waals surface area contributed by atoms with Gasteiger partial charge < -0.3 is 9.30 Å². The second-order valence-corrected chi connectivity index (χ2v) is 10.5. The molecular formula is C24H21N3O4S2. The van der Waals surface area contributed by atoms with Crippen LogP contribution in [0.2, 0.25) is 0 Å². The third-order valence-corrected chi connectivity index (χ3v) is 8.67. The summed E-state index contributed by atoms with van der Waals surface area (Å²) in [6.07, 6.45) is 0.683. The lowest BCUT2D eigenvalue weighted by atomic mass is 10.2. The van der Waals surface area contributed by atoms with Crippen molar-refractivity contribution in [2.75, 3.05) is 18.0 Å². The van der Waals surface area contributed by atoms with Gasteiger partial charge >= 0.3 is 0 Å². The minimum Gasteiger partial charge on any atom is -0.497 e. The lowest BCUT2D eigenvalue weighted by Gasteiger charge is -2.19. The standard InChI is InChI=1S/C24H21N3O4S2/c1-26-21-12-9-18(31-2)15-22(21)32-24(26)25-23(28)17-7-10-19(11-8-17)33(29,30)27-14-13-16-5-3-4-6-20(16)27/h3-12,15H,13-14H2,1-2H3. The van der Waals surface area contributed by atoms with Gasteiger partial charge in [0.15, 0.2) is 4.80 Å². The minimum absolute atomic E-state index is 0.148. The Balaban J connectivity index is 1.44. The van der Waals surface area contributed by atoms with Crippen molar-refractivity contribution in [3.05, 3.63) is 82.7 Å². The van der Waals surface area contributed by atoms with E-state index in [0.29, 0.717) is 29.0 Å². The van der Waals surface area contributed by atoms with E-state index in [1.807, 2.05) is 54.1 Å². The molecule has 3 aromatic carbocycles. The molecule has 7 nitrogen and oxygen atoms in total. The number of benzene rings is 3. The van der Waals surface area contributed by atoms with Gasteiger partial charge in [0.25, 0.3) is 15.9 Å². The van der Waals surface area contributed by atoms with E-state index in [4.69, 9.17) is 4.74 Å². The Morgan fingerprint density at radius 1 is 1.06 bits per heavy atom. The number of hydrogen-bond acceptors (Lipinski definition) is 5. The fourth-order valence-electron chi connectivity index (χ4n) is 3.95. The summed E-state index contributed by atoms with van der Waals surface area (Å²) in [5.41, 5.74) is 2.99. The fraction of sp³-hybridized carbons (Fsp3) is 0.167. The molecule has 33 heavy (non-hydrogen) atoms. The molecule has 0 saturated carbocycles. The highest BCUT2D eigenvalue weighted by molar-refractivity contribution is 7.92. The van der Waals surface area contributed by atoms with E-state index in [2.05, 4.69) is 4.99 Å². The Morgan fingerprint density at radius 2 is 1.82 bits per heavy atom. The molecular weight excluding hydrogens is 458 g/mol. The Kier molecular flexibility index (Phi) is 5.30. The number of ether oxygens (including phenoxy) is 1. The predicted octanol–water partition coefficient (Wildman–Crippen LogP) is 3.74. The maximum absolute atomic E-state index is 13.2. The molecule has 5 rings (SSSR count). The third-order valence-electron chi connectivity index (χ3n) is 5.75. The summed E-state index contributed by atoms with van der Waals surface area (Å²) in [5, 5.41) is 0. The van der Waals surface area contributed by atoms with Crippen LogP contribution in [0.1, 0.15) is 15.9 Å². The first-order valence-electron chi connectivity index (χ1n) is 10.3. The number of hydrogen-bond donors (Lipinski definition) is 0. The lowest BCUT2D eigenvalue weighted by Crippen LogP contribution is -2.29. The summed E-state index contributed by atoms with van der Waals surface area (Å²) in [7, 11) is -0.251. The van der Waals surface area contributed by atoms with Crippen LogP contribution in [0.5, 0.6) is 5.75 Å². The molecule has 168 valence electrons. The van der Waals surface area contributed by atoms with E-state index in [0.717, 1.165) is 21.5 Å². The van der Waals surface area contributed by atoms with E-state index in [1.165, 1.54) is 39.9 Å². The van der Waals surface area contributed by atoms with Crippen LogP contribution in [0.3, 0.4) is 0 Å². The van der Waals surface area contributed by atoms with Crippen molar-refractivity contribution in [3.63, 3.8) is 0 Å². The number of aryl methyl sites for hydroxylation is 1. The van der Waals surface area contributed by atoms with Crippen LogP contribution in [0.15, 0.2) is 76.6 Å². The van der Waals surface area contributed by atoms with Gasteiger partial charge in [-0.1, -0.05) is 29.5 Å². The van der Waals surface area contributed by atoms with Crippen LogP contribution in [0, 0.1) is 0 Å². The highest BCUT2D eigenvalue weighted by Crippen LogP contribution is 2.32. The number of amides is 1. The summed E-state index contributed by atoms with van der Waals surface area (Å²) >= 11 is 1.39. The van der Waals surface area contributed by atoms with E-state index in [-0.39, 0.29) is 4.90 Å². The molecule has 0 N–H and O–H groups in total. The largest absolute Gasteiger partial charge is 0.497 e. The normalized spacial score (nSPS) is 14.0. The molecule has 0 fully saturated rings. The van der Waals surface area contributed by atoms with Crippen molar-refractivity contribution in [3.8, 4) is 5.75 Å². The van der Waals surface area contributed by atoms with Crippen molar-refractivity contribution in [2.45, 2.75) is 11.3 Å². The Labute approximate surface area is 195 Å². The van der Waals surface area contributed by atoms with Crippen LogP contribution in [-0.4, -0.2) is 32.5 Å². The fourth-order valence-corrected chi connectivity index (χ4v) is 6.50. The van der Waals surface area contributed by atoms with E-state index < -0.39 is 15.9 Å². The maximum Gasteiger partial charge on any atom is 0.279 e. The number of rotatable bonds is 4. The first-order valence-corrected chi connectivity index (χ1v) is 12.6. The number of carbonyl (C=O) groups excluding carboxylic acids is 1. The van der Waals surface area contributed by atoms with Gasteiger partial charge in [-0.15, -0.1) is 0 Å². The molecule has 0 unspecified atom stereocenters. The SMILES string of the molecule is COc1ccc2c(c1)sc(=NC(=O)c1ccc(S(=O)(=O)N3CCc4ccccc43)cc1)n2C. The zero-order valence-corrected chi connectivity index (χ0v) is 19.7. The number of aromatic nitrogens is 1. The summed E-state index contributed by atoms with van der Waals surface area (Å²) < 4.78 is 35.8. The second kappa shape index (κ2) is 8.17. The molecule has 0 bridgehead atoms. The highest BCUT2D eigenvalue weighted by atomic mass is 32.2. The monoisotopic (exact) mass is 479 g/mol. The van der Waals surface area contributed by atoms with Gasteiger partial charge in [-0.2, -0.15) is 4.99 Å². The second-order valence-electron chi connectivity index (χ2n) is 7.67. The average Bonchev–Trinajstić information content (AvgIpc) is 3.40. The number of carbonyl (C=O) groups is 1. The van der Waals surface area contributed by atoms with Crippen molar-refractivity contribution < 1.29 is 17.9 Å². The predicted molar refractivity (Wildman–Crippen MR) is 128 cm³/mol. The molecule has 0 aliphatic carbocycles. The van der Waals surface area contributed by atoms with Crippen LogP contribution in [0.4, 0.5) is 5.69 Å². The highest BCUT2D eigenvalue weighted by Gasteiger charge is 2.30. The molecule has 2 heterocycles. The van der Waals surface area contributed by atoms with E-state index in [1.54, 1.807) is 7.11 Å². The zero-order valence-electron chi connectivity index (χ0n) is 18.1. The Bertz CT molecular complexity index is 1550. The molecule has 9 heteroatoms. The maximum atomic E-state index is 13.2. The lowest BCUT2D eigenvalue weighted by molar-refractivity contribution is 0.0998. The number of fused-ring (bicyclic) bond motifs is 2. The number of methoxy groups -OCH3 is 1. The smallest absolute Gasteiger partial charge is 0.279 e. The molecule has 1 amide bonds. The van der Waals surface area contributed by atoms with Gasteiger partial charge in [-0.05, 0) is 60.5 Å². The molecule has 0 radical (unpaired) electrons. The van der Waals surface area contributed by atoms with Crippen molar-refractivity contribution >= 4 is 43.2 Å². The minimum atomic E-state index is -3.71. The van der Waals surface area contributed by atoms with E-state index >= 15 is 0 Å². The molecule has 0 spiro atoms. The van der Waals surface area contributed by atoms with Gasteiger partial charge in [-0.25, -0.2) is 8.42 Å². The first-order chi connectivity index (χ1) is 15.9. The number of anilines is 1. The van der Waals surface area contributed by atoms with Gasteiger partial charge in [0.05, 0.1) is 27.9 Å². The number of sulfonamides is 1. The summed E-state index contributed by atoms with van der Waals surface area (Å²) in [4.78, 5) is 17.7. The third kappa shape index (κ3) is 3.73. The summed E-state index contributed by atoms with van der Waals surface area (Å²) in [6, 6.07) is 19.1. The first kappa shape index (κ1) is 21.4. The summed E-state index contributed by atoms with van der Waals surface area (Å²) in [6.45, 7) is 0.408.